The highest BCUT2D eigenvalue weighted by Gasteiger charge is 2.18. The highest BCUT2D eigenvalue weighted by Crippen LogP contribution is 2.20. The molecular weight excluding hydrogens is 260 g/mol. The zero-order valence-corrected chi connectivity index (χ0v) is 12.0. The number of anilines is 1. The van der Waals surface area contributed by atoms with Crippen LogP contribution in [0, 0.1) is 0 Å². The number of phenolic OH excluding ortho intramolecular Hbond substituents is 1. The van der Waals surface area contributed by atoms with Crippen LogP contribution in [0.5, 0.6) is 5.75 Å². The first kappa shape index (κ1) is 16.3. The molecule has 1 rings (SSSR count). The summed E-state index contributed by atoms with van der Waals surface area (Å²) in [5.41, 5.74) is 6.45. The molecule has 6 nitrogen and oxygen atoms in total. The lowest BCUT2D eigenvalue weighted by atomic mass is 10.1. The lowest BCUT2D eigenvalue weighted by Crippen LogP contribution is -2.35. The Balaban J connectivity index is 2.82. The van der Waals surface area contributed by atoms with Crippen LogP contribution in [-0.4, -0.2) is 56.4 Å². The van der Waals surface area contributed by atoms with Crippen LogP contribution >= 0.6 is 0 Å². The maximum absolute atomic E-state index is 12.5. The smallest absolute Gasteiger partial charge is 0.256 e. The number of nitrogens with two attached hydrogens (primary N) is 1. The van der Waals surface area contributed by atoms with Crippen LogP contribution in [-0.2, 0) is 9.47 Å². The third-order valence-electron chi connectivity index (χ3n) is 2.90. The van der Waals surface area contributed by atoms with Crippen LogP contribution < -0.4 is 5.73 Å². The number of hydrogen-bond acceptors (Lipinski definition) is 5. The van der Waals surface area contributed by atoms with Gasteiger partial charge in [0.05, 0.1) is 12.2 Å². The third kappa shape index (κ3) is 4.71. The summed E-state index contributed by atoms with van der Waals surface area (Å²) in [6.45, 7) is 2.03. The number of ether oxygens (including phenoxy) is 2. The minimum Gasteiger partial charge on any atom is -0.508 e. The zero-order chi connectivity index (χ0) is 15.0. The van der Waals surface area contributed by atoms with E-state index >= 15 is 0 Å². The maximum atomic E-state index is 12.5. The third-order valence-corrected chi connectivity index (χ3v) is 2.90. The molecule has 20 heavy (non-hydrogen) atoms. The second kappa shape index (κ2) is 8.39. The monoisotopic (exact) mass is 282 g/mol. The summed E-state index contributed by atoms with van der Waals surface area (Å²) in [6.07, 6.45) is 0.727. The van der Waals surface area contributed by atoms with E-state index in [0.29, 0.717) is 37.6 Å². The Morgan fingerprint density at radius 3 is 2.60 bits per heavy atom. The van der Waals surface area contributed by atoms with Gasteiger partial charge in [-0.1, -0.05) is 0 Å². The van der Waals surface area contributed by atoms with Gasteiger partial charge in [0.2, 0.25) is 0 Å². The fourth-order valence-corrected chi connectivity index (χ4v) is 1.82. The van der Waals surface area contributed by atoms with Gasteiger partial charge in [0.15, 0.2) is 0 Å². The summed E-state index contributed by atoms with van der Waals surface area (Å²) in [5.74, 6) is -0.197. The van der Waals surface area contributed by atoms with Gasteiger partial charge >= 0.3 is 0 Å². The quantitative estimate of drug-likeness (QED) is 0.424. The molecular formula is C14H22N2O4. The molecule has 6 heteroatoms. The van der Waals surface area contributed by atoms with E-state index in [1.807, 2.05) is 0 Å². The molecule has 1 aromatic carbocycles. The van der Waals surface area contributed by atoms with E-state index in [9.17, 15) is 9.90 Å². The van der Waals surface area contributed by atoms with Crippen molar-refractivity contribution in [3.63, 3.8) is 0 Å². The molecule has 0 atom stereocenters. The van der Waals surface area contributed by atoms with Crippen molar-refractivity contribution in [2.75, 3.05) is 46.3 Å². The van der Waals surface area contributed by atoms with E-state index < -0.39 is 0 Å². The van der Waals surface area contributed by atoms with Gasteiger partial charge in [-0.3, -0.25) is 4.79 Å². The summed E-state index contributed by atoms with van der Waals surface area (Å²) in [4.78, 5) is 14.1. The molecule has 112 valence electrons. The number of phenols is 1. The van der Waals surface area contributed by atoms with E-state index in [2.05, 4.69) is 0 Å². The molecule has 0 aliphatic heterocycles. The molecule has 0 aliphatic carbocycles. The summed E-state index contributed by atoms with van der Waals surface area (Å²) in [7, 11) is 3.20. The first-order valence-corrected chi connectivity index (χ1v) is 6.45. The number of hydrogen-bond donors (Lipinski definition) is 2. The minimum absolute atomic E-state index is 0.0196. The molecule has 0 saturated heterocycles. The number of nitrogen functional groups attached to an aromatic ring is 1. The predicted octanol–water partition coefficient (Wildman–Crippen LogP) is 1.10. The van der Waals surface area contributed by atoms with E-state index in [-0.39, 0.29) is 11.7 Å². The van der Waals surface area contributed by atoms with Crippen LogP contribution in [0.25, 0.3) is 0 Å². The SMILES string of the molecule is COCCCN(CCOC)C(=O)c1cc(O)ccc1N. The Labute approximate surface area is 119 Å². The largest absolute Gasteiger partial charge is 0.508 e. The Kier molecular flexibility index (Phi) is 6.83. The van der Waals surface area contributed by atoms with Gasteiger partial charge in [-0.15, -0.1) is 0 Å². The van der Waals surface area contributed by atoms with Crippen molar-refractivity contribution in [3.8, 4) is 5.75 Å². The van der Waals surface area contributed by atoms with Gasteiger partial charge in [-0.25, -0.2) is 0 Å². The average molecular weight is 282 g/mol. The number of carbonyl (C=O) groups is 1. The van der Waals surface area contributed by atoms with E-state index in [1.54, 1.807) is 19.1 Å². The van der Waals surface area contributed by atoms with Crippen LogP contribution in [0.3, 0.4) is 0 Å². The van der Waals surface area contributed by atoms with Crippen molar-refractivity contribution in [2.24, 2.45) is 0 Å². The average Bonchev–Trinajstić information content (AvgIpc) is 2.44. The summed E-state index contributed by atoms with van der Waals surface area (Å²) in [5, 5.41) is 9.49. The first-order chi connectivity index (χ1) is 9.60. The molecule has 1 amide bonds. The van der Waals surface area contributed by atoms with Gasteiger partial charge < -0.3 is 25.2 Å². The van der Waals surface area contributed by atoms with Crippen molar-refractivity contribution in [1.82, 2.24) is 4.90 Å². The molecule has 0 aromatic heterocycles. The topological polar surface area (TPSA) is 85.0 Å². The molecule has 0 bridgehead atoms. The number of amides is 1. The van der Waals surface area contributed by atoms with Gasteiger partial charge in [0.25, 0.3) is 5.91 Å². The molecule has 0 saturated carbocycles. The Morgan fingerprint density at radius 1 is 1.25 bits per heavy atom. The first-order valence-electron chi connectivity index (χ1n) is 6.45. The van der Waals surface area contributed by atoms with Gasteiger partial charge in [0, 0.05) is 39.6 Å². The number of nitrogens with zero attached hydrogens (tertiary/aromatic N) is 1. The minimum atomic E-state index is -0.216. The maximum Gasteiger partial charge on any atom is 0.256 e. The highest BCUT2D eigenvalue weighted by atomic mass is 16.5. The second-order valence-corrected chi connectivity index (χ2v) is 4.40. The summed E-state index contributed by atoms with van der Waals surface area (Å²) >= 11 is 0. The molecule has 0 fully saturated rings. The second-order valence-electron chi connectivity index (χ2n) is 4.40. The van der Waals surface area contributed by atoms with Gasteiger partial charge in [0.1, 0.15) is 5.75 Å². The Bertz CT molecular complexity index is 437. The van der Waals surface area contributed by atoms with Crippen molar-refractivity contribution in [2.45, 2.75) is 6.42 Å². The molecule has 1 aromatic rings. The lowest BCUT2D eigenvalue weighted by molar-refractivity contribution is 0.0675. The standard InChI is InChI=1S/C14H22N2O4/c1-19-8-3-6-16(7-9-20-2)14(18)12-10-11(17)4-5-13(12)15/h4-5,10,17H,3,6-9,15H2,1-2H3. The van der Waals surface area contributed by atoms with Crippen molar-refractivity contribution >= 4 is 11.6 Å². The number of rotatable bonds is 8. The van der Waals surface area contributed by atoms with E-state index in [4.69, 9.17) is 15.2 Å². The van der Waals surface area contributed by atoms with Crippen molar-refractivity contribution < 1.29 is 19.4 Å². The van der Waals surface area contributed by atoms with Gasteiger partial charge in [-0.05, 0) is 24.6 Å². The normalized spacial score (nSPS) is 10.5. The number of benzene rings is 1. The zero-order valence-electron chi connectivity index (χ0n) is 12.0. The fraction of sp³-hybridized carbons (Fsp3) is 0.500. The van der Waals surface area contributed by atoms with E-state index in [0.717, 1.165) is 6.42 Å². The number of aromatic hydroxyl groups is 1. The molecule has 0 radical (unpaired) electrons. The van der Waals surface area contributed by atoms with Crippen molar-refractivity contribution in [1.29, 1.82) is 0 Å². The van der Waals surface area contributed by atoms with Crippen LogP contribution in [0.1, 0.15) is 16.8 Å². The van der Waals surface area contributed by atoms with Crippen LogP contribution in [0.4, 0.5) is 5.69 Å². The fourth-order valence-electron chi connectivity index (χ4n) is 1.82. The molecule has 3 N–H and O–H groups in total. The Hall–Kier alpha value is -1.79. The summed E-state index contributed by atoms with van der Waals surface area (Å²) < 4.78 is 10.0. The highest BCUT2D eigenvalue weighted by molar-refractivity contribution is 5.99. The van der Waals surface area contributed by atoms with Gasteiger partial charge in [-0.2, -0.15) is 0 Å². The molecule has 0 spiro atoms. The predicted molar refractivity (Wildman–Crippen MR) is 76.8 cm³/mol. The number of methoxy groups -OCH3 is 2. The summed E-state index contributed by atoms with van der Waals surface area (Å²) in [6, 6.07) is 4.36. The van der Waals surface area contributed by atoms with Crippen LogP contribution in [0.15, 0.2) is 18.2 Å². The Morgan fingerprint density at radius 2 is 1.95 bits per heavy atom. The number of carbonyl (C=O) groups excluding carboxylic acids is 1. The molecule has 0 aliphatic rings. The lowest BCUT2D eigenvalue weighted by Gasteiger charge is -2.23. The van der Waals surface area contributed by atoms with Crippen LogP contribution in [0.2, 0.25) is 0 Å². The van der Waals surface area contributed by atoms with E-state index in [1.165, 1.54) is 18.2 Å². The molecule has 0 heterocycles. The molecule has 0 unspecified atom stereocenters. The van der Waals surface area contributed by atoms with Crippen molar-refractivity contribution in [3.05, 3.63) is 23.8 Å².